The third-order valence-electron chi connectivity index (χ3n) is 3.89. The van der Waals surface area contributed by atoms with E-state index in [1.54, 1.807) is 0 Å². The maximum absolute atomic E-state index is 4.43. The summed E-state index contributed by atoms with van der Waals surface area (Å²) in [5.41, 5.74) is 9.21. The van der Waals surface area contributed by atoms with Crippen LogP contribution in [0, 0.1) is 27.7 Å². The van der Waals surface area contributed by atoms with Crippen LogP contribution in [0.5, 0.6) is 0 Å². The fourth-order valence-corrected chi connectivity index (χ4v) is 2.70. The molecule has 114 valence electrons. The Morgan fingerprint density at radius 2 is 1.00 bits per heavy atom. The van der Waals surface area contributed by atoms with Gasteiger partial charge in [-0.1, -0.05) is 47.5 Å². The lowest BCUT2D eigenvalue weighted by atomic mass is 10.0. The largest absolute Gasteiger partial charge is 0.155 e. The van der Waals surface area contributed by atoms with Crippen molar-refractivity contribution >= 4 is 11.4 Å². The highest BCUT2D eigenvalue weighted by Gasteiger charge is 2.04. The molecule has 0 bridgehead atoms. The van der Waals surface area contributed by atoms with E-state index in [4.69, 9.17) is 0 Å². The van der Waals surface area contributed by atoms with E-state index in [2.05, 4.69) is 74.3 Å². The Morgan fingerprint density at radius 1 is 0.636 bits per heavy atom. The summed E-state index contributed by atoms with van der Waals surface area (Å²) >= 11 is 0. The van der Waals surface area contributed by atoms with E-state index in [1.807, 2.05) is 13.8 Å². The second-order valence-electron chi connectivity index (χ2n) is 6.01. The number of hydrogen-bond donors (Lipinski definition) is 0. The van der Waals surface area contributed by atoms with Crippen LogP contribution in [0.15, 0.2) is 46.6 Å². The van der Waals surface area contributed by atoms with Gasteiger partial charge in [0.2, 0.25) is 0 Å². The molecule has 2 nitrogen and oxygen atoms in total. The SMILES string of the molecule is CC(=NN=C(C)c1ccc(C)cc1C)c1ccc(C)cc1C. The van der Waals surface area contributed by atoms with Gasteiger partial charge in [-0.25, -0.2) is 0 Å². The maximum atomic E-state index is 4.43. The second kappa shape index (κ2) is 6.69. The zero-order valence-electron chi connectivity index (χ0n) is 14.4. The van der Waals surface area contributed by atoms with Crippen molar-refractivity contribution in [2.24, 2.45) is 10.2 Å². The Bertz CT molecular complexity index is 687. The van der Waals surface area contributed by atoms with Gasteiger partial charge in [-0.3, -0.25) is 0 Å². The van der Waals surface area contributed by atoms with Crippen LogP contribution in [0.4, 0.5) is 0 Å². The average Bonchev–Trinajstić information content (AvgIpc) is 2.44. The number of hydrogen-bond acceptors (Lipinski definition) is 2. The van der Waals surface area contributed by atoms with Gasteiger partial charge in [-0.15, -0.1) is 0 Å². The van der Waals surface area contributed by atoms with Crippen molar-refractivity contribution in [3.8, 4) is 0 Å². The standard InChI is InChI=1S/C20H24N2/c1-13-7-9-19(15(3)11-13)17(5)21-22-18(6)20-10-8-14(2)12-16(20)4/h7-12H,1-6H3. The van der Waals surface area contributed by atoms with Crippen LogP contribution in [0.3, 0.4) is 0 Å². The van der Waals surface area contributed by atoms with Crippen LogP contribution in [0.25, 0.3) is 0 Å². The molecule has 2 heteroatoms. The fraction of sp³-hybridized carbons (Fsp3) is 0.300. The summed E-state index contributed by atoms with van der Waals surface area (Å²) in [6.45, 7) is 12.5. The second-order valence-corrected chi connectivity index (χ2v) is 6.01. The topological polar surface area (TPSA) is 24.7 Å². The van der Waals surface area contributed by atoms with Gasteiger partial charge in [-0.2, -0.15) is 10.2 Å². The van der Waals surface area contributed by atoms with Crippen LogP contribution in [-0.2, 0) is 0 Å². The van der Waals surface area contributed by atoms with Crippen molar-refractivity contribution in [1.82, 2.24) is 0 Å². The Morgan fingerprint density at radius 3 is 1.32 bits per heavy atom. The highest BCUT2D eigenvalue weighted by Crippen LogP contribution is 2.14. The van der Waals surface area contributed by atoms with Crippen LogP contribution in [0.2, 0.25) is 0 Å². The van der Waals surface area contributed by atoms with Crippen molar-refractivity contribution in [3.63, 3.8) is 0 Å². The van der Waals surface area contributed by atoms with Crippen molar-refractivity contribution in [1.29, 1.82) is 0 Å². The van der Waals surface area contributed by atoms with Crippen LogP contribution < -0.4 is 0 Å². The normalized spacial score (nSPS) is 12.6. The summed E-state index contributed by atoms with van der Waals surface area (Å²) in [6.07, 6.45) is 0. The van der Waals surface area contributed by atoms with Gasteiger partial charge in [0.25, 0.3) is 0 Å². The first-order chi connectivity index (χ1) is 10.4. The minimum Gasteiger partial charge on any atom is -0.155 e. The lowest BCUT2D eigenvalue weighted by Gasteiger charge is -2.07. The molecule has 2 rings (SSSR count). The molecule has 0 atom stereocenters. The highest BCUT2D eigenvalue weighted by atomic mass is 15.2. The third-order valence-corrected chi connectivity index (χ3v) is 3.89. The molecule has 0 unspecified atom stereocenters. The Labute approximate surface area is 133 Å². The Balaban J connectivity index is 2.32. The van der Waals surface area contributed by atoms with Gasteiger partial charge in [0.15, 0.2) is 0 Å². The molecule has 0 spiro atoms. The summed E-state index contributed by atoms with van der Waals surface area (Å²) in [6, 6.07) is 12.8. The van der Waals surface area contributed by atoms with E-state index >= 15 is 0 Å². The quantitative estimate of drug-likeness (QED) is 0.552. The van der Waals surface area contributed by atoms with E-state index in [0.29, 0.717) is 0 Å². The van der Waals surface area contributed by atoms with Gasteiger partial charge in [0, 0.05) is 11.1 Å². The third kappa shape index (κ3) is 3.70. The lowest BCUT2D eigenvalue weighted by Crippen LogP contribution is -2.01. The van der Waals surface area contributed by atoms with Gasteiger partial charge in [0.05, 0.1) is 11.4 Å². The fourth-order valence-electron chi connectivity index (χ4n) is 2.70. The van der Waals surface area contributed by atoms with E-state index in [-0.39, 0.29) is 0 Å². The predicted molar refractivity (Wildman–Crippen MR) is 96.3 cm³/mol. The molecule has 0 aliphatic rings. The molecule has 0 aliphatic heterocycles. The number of benzene rings is 2. The first-order valence-electron chi connectivity index (χ1n) is 7.62. The molecule has 0 radical (unpaired) electrons. The molecule has 2 aromatic carbocycles. The predicted octanol–water partition coefficient (Wildman–Crippen LogP) is 5.15. The molecule has 2 aromatic rings. The Kier molecular flexibility index (Phi) is 4.92. The van der Waals surface area contributed by atoms with E-state index in [9.17, 15) is 0 Å². The van der Waals surface area contributed by atoms with Crippen LogP contribution in [0.1, 0.15) is 47.2 Å². The monoisotopic (exact) mass is 292 g/mol. The van der Waals surface area contributed by atoms with Crippen molar-refractivity contribution in [3.05, 3.63) is 69.8 Å². The smallest absolute Gasteiger partial charge is 0.0674 e. The molecule has 0 aromatic heterocycles. The molecule has 0 amide bonds. The molecule has 0 aliphatic carbocycles. The first kappa shape index (κ1) is 16.2. The van der Waals surface area contributed by atoms with Crippen molar-refractivity contribution in [2.45, 2.75) is 41.5 Å². The highest BCUT2D eigenvalue weighted by molar-refractivity contribution is 6.03. The van der Waals surface area contributed by atoms with Crippen LogP contribution in [-0.4, -0.2) is 11.4 Å². The van der Waals surface area contributed by atoms with E-state index < -0.39 is 0 Å². The molecule has 0 N–H and O–H groups in total. The van der Waals surface area contributed by atoms with Crippen molar-refractivity contribution < 1.29 is 0 Å². The van der Waals surface area contributed by atoms with Gasteiger partial charge < -0.3 is 0 Å². The first-order valence-corrected chi connectivity index (χ1v) is 7.62. The van der Waals surface area contributed by atoms with Gasteiger partial charge in [-0.05, 0) is 52.7 Å². The summed E-state index contributed by atoms with van der Waals surface area (Å²) in [7, 11) is 0. The van der Waals surface area contributed by atoms with Crippen LogP contribution >= 0.6 is 0 Å². The molecule has 0 heterocycles. The lowest BCUT2D eigenvalue weighted by molar-refractivity contribution is 1.20. The minimum absolute atomic E-state index is 0.946. The van der Waals surface area contributed by atoms with Crippen molar-refractivity contribution in [2.75, 3.05) is 0 Å². The molecule has 0 saturated carbocycles. The van der Waals surface area contributed by atoms with Gasteiger partial charge in [0.1, 0.15) is 0 Å². The minimum atomic E-state index is 0.946. The molecule has 22 heavy (non-hydrogen) atoms. The van der Waals surface area contributed by atoms with E-state index in [1.165, 1.54) is 22.3 Å². The summed E-state index contributed by atoms with van der Waals surface area (Å²) in [5, 5.41) is 8.86. The molecular weight excluding hydrogens is 268 g/mol. The Hall–Kier alpha value is -2.22. The zero-order valence-corrected chi connectivity index (χ0v) is 14.4. The summed E-state index contributed by atoms with van der Waals surface area (Å²) in [5.74, 6) is 0. The number of nitrogens with zero attached hydrogens (tertiary/aromatic N) is 2. The molecule has 0 saturated heterocycles. The van der Waals surface area contributed by atoms with Gasteiger partial charge >= 0.3 is 0 Å². The zero-order chi connectivity index (χ0) is 16.3. The maximum Gasteiger partial charge on any atom is 0.0674 e. The number of rotatable bonds is 3. The number of aryl methyl sites for hydroxylation is 4. The summed E-state index contributed by atoms with van der Waals surface area (Å²) < 4.78 is 0. The summed E-state index contributed by atoms with van der Waals surface area (Å²) in [4.78, 5) is 0. The molecule has 0 fully saturated rings. The molecular formula is C20H24N2. The average molecular weight is 292 g/mol. The van der Waals surface area contributed by atoms with E-state index in [0.717, 1.165) is 22.6 Å².